The molecule has 2 aromatic rings. The van der Waals surface area contributed by atoms with Crippen LogP contribution in [-0.4, -0.2) is 28.5 Å². The Morgan fingerprint density at radius 2 is 2.04 bits per heavy atom. The fraction of sp³-hybridized carbons (Fsp3) is 0.500. The summed E-state index contributed by atoms with van der Waals surface area (Å²) in [5.41, 5.74) is 1.38. The van der Waals surface area contributed by atoms with Crippen LogP contribution in [0.3, 0.4) is 0 Å². The van der Waals surface area contributed by atoms with Crippen molar-refractivity contribution in [2.24, 2.45) is 0 Å². The van der Waals surface area contributed by atoms with Crippen LogP contribution in [0.2, 0.25) is 0 Å². The van der Waals surface area contributed by atoms with Crippen LogP contribution in [0.5, 0.6) is 0 Å². The molecule has 0 bridgehead atoms. The molecule has 1 aromatic heterocycles. The summed E-state index contributed by atoms with van der Waals surface area (Å²) in [7, 11) is 0. The van der Waals surface area contributed by atoms with Gasteiger partial charge in [0.05, 0.1) is 23.4 Å². The largest absolute Gasteiger partial charge is 0.376 e. The van der Waals surface area contributed by atoms with Crippen LogP contribution < -0.4 is 10.6 Å². The highest BCUT2D eigenvalue weighted by atomic mass is 19.1. The molecule has 1 saturated heterocycles. The molecule has 0 aliphatic carbocycles. The second-order valence-corrected chi connectivity index (χ2v) is 7.93. The number of nitrogens with one attached hydrogen (secondary N) is 2. The molecule has 1 aliphatic heterocycles. The van der Waals surface area contributed by atoms with Crippen molar-refractivity contribution < 1.29 is 13.9 Å². The number of aryl methyl sites for hydroxylation is 1. The van der Waals surface area contributed by atoms with Gasteiger partial charge in [0.1, 0.15) is 11.6 Å². The smallest absolute Gasteiger partial charge is 0.320 e. The molecule has 0 radical (unpaired) electrons. The monoisotopic (exact) mass is 374 g/mol. The molecule has 2 heterocycles. The van der Waals surface area contributed by atoms with Gasteiger partial charge in [-0.05, 0) is 58.2 Å². The highest BCUT2D eigenvalue weighted by Crippen LogP contribution is 2.28. The molecule has 0 saturated carbocycles. The topological polar surface area (TPSA) is 68.2 Å². The third kappa shape index (κ3) is 4.66. The molecule has 0 spiro atoms. The molecule has 2 amide bonds. The highest BCUT2D eigenvalue weighted by molar-refractivity contribution is 5.88. The first-order valence-electron chi connectivity index (χ1n) is 9.26. The molecule has 27 heavy (non-hydrogen) atoms. The van der Waals surface area contributed by atoms with Crippen LogP contribution >= 0.6 is 0 Å². The number of halogens is 1. The van der Waals surface area contributed by atoms with Crippen LogP contribution in [-0.2, 0) is 10.3 Å². The van der Waals surface area contributed by atoms with Crippen molar-refractivity contribution in [1.29, 1.82) is 0 Å². The standard InChI is InChI=1S/C20H27FN4O2/c1-13-12-17(25(24-13)20(2,3)4)22-19(26)23-18(16-6-5-11-27-16)14-7-9-15(21)10-8-14/h7-10,12,16,18H,5-6,11H2,1-4H3,(H2,22,23,26)/t16-,18+/m1/s1. The zero-order chi connectivity index (χ0) is 19.6. The number of carbonyl (C=O) groups excluding carboxylic acids is 1. The average molecular weight is 374 g/mol. The second kappa shape index (κ2) is 7.68. The molecule has 1 aromatic carbocycles. The zero-order valence-electron chi connectivity index (χ0n) is 16.3. The maximum atomic E-state index is 13.3. The van der Waals surface area contributed by atoms with Crippen molar-refractivity contribution in [3.05, 3.63) is 47.4 Å². The van der Waals surface area contributed by atoms with Crippen molar-refractivity contribution in [3.8, 4) is 0 Å². The summed E-state index contributed by atoms with van der Waals surface area (Å²) in [6, 6.07) is 7.32. The van der Waals surface area contributed by atoms with Crippen molar-refractivity contribution in [1.82, 2.24) is 15.1 Å². The quantitative estimate of drug-likeness (QED) is 0.846. The van der Waals surface area contributed by atoms with E-state index in [1.807, 2.05) is 33.8 Å². The van der Waals surface area contributed by atoms with Crippen molar-refractivity contribution in [2.45, 2.75) is 58.2 Å². The van der Waals surface area contributed by atoms with Gasteiger partial charge in [-0.3, -0.25) is 5.32 Å². The summed E-state index contributed by atoms with van der Waals surface area (Å²) in [6.45, 7) is 8.63. The first kappa shape index (κ1) is 19.4. The lowest BCUT2D eigenvalue weighted by atomic mass is 9.99. The molecular formula is C20H27FN4O2. The molecule has 6 nitrogen and oxygen atoms in total. The van der Waals surface area contributed by atoms with E-state index in [2.05, 4.69) is 15.7 Å². The summed E-state index contributed by atoms with van der Waals surface area (Å²) in [4.78, 5) is 12.7. The van der Waals surface area contributed by atoms with E-state index in [0.29, 0.717) is 12.4 Å². The summed E-state index contributed by atoms with van der Waals surface area (Å²) >= 11 is 0. The predicted molar refractivity (Wildman–Crippen MR) is 102 cm³/mol. The lowest BCUT2D eigenvalue weighted by Crippen LogP contribution is -2.39. The fourth-order valence-electron chi connectivity index (χ4n) is 3.32. The SMILES string of the molecule is Cc1cc(NC(=O)N[C@@H](c2ccc(F)cc2)[C@H]2CCCO2)n(C(C)(C)C)n1. The molecule has 0 unspecified atom stereocenters. The van der Waals surface area contributed by atoms with Gasteiger partial charge in [-0.1, -0.05) is 12.1 Å². The van der Waals surface area contributed by atoms with Crippen LogP contribution in [0, 0.1) is 12.7 Å². The molecule has 7 heteroatoms. The number of carbonyl (C=O) groups is 1. The lowest BCUT2D eigenvalue weighted by Gasteiger charge is -2.26. The van der Waals surface area contributed by atoms with Crippen LogP contribution in [0.4, 0.5) is 15.0 Å². The second-order valence-electron chi connectivity index (χ2n) is 7.93. The molecule has 2 atom stereocenters. The normalized spacial score (nSPS) is 18.3. The van der Waals surface area contributed by atoms with E-state index in [1.165, 1.54) is 12.1 Å². The third-order valence-electron chi connectivity index (χ3n) is 4.56. The van der Waals surface area contributed by atoms with Gasteiger partial charge in [-0.15, -0.1) is 0 Å². The zero-order valence-corrected chi connectivity index (χ0v) is 16.3. The first-order chi connectivity index (χ1) is 12.7. The Kier molecular flexibility index (Phi) is 5.51. The Bertz CT molecular complexity index is 789. The Morgan fingerprint density at radius 3 is 2.63 bits per heavy atom. The first-order valence-corrected chi connectivity index (χ1v) is 9.26. The van der Waals surface area contributed by atoms with E-state index < -0.39 is 0 Å². The Balaban J connectivity index is 1.78. The molecule has 3 rings (SSSR count). The van der Waals surface area contributed by atoms with E-state index in [-0.39, 0.29) is 29.5 Å². The van der Waals surface area contributed by atoms with Gasteiger partial charge in [0.2, 0.25) is 0 Å². The fourth-order valence-corrected chi connectivity index (χ4v) is 3.32. The molecule has 146 valence electrons. The number of hydrogen-bond donors (Lipinski definition) is 2. The van der Waals surface area contributed by atoms with Gasteiger partial charge >= 0.3 is 6.03 Å². The van der Waals surface area contributed by atoms with Crippen molar-refractivity contribution >= 4 is 11.8 Å². The maximum Gasteiger partial charge on any atom is 0.320 e. The van der Waals surface area contributed by atoms with Gasteiger partial charge in [0.25, 0.3) is 0 Å². The molecular weight excluding hydrogens is 347 g/mol. The van der Waals surface area contributed by atoms with Gasteiger partial charge < -0.3 is 10.1 Å². The van der Waals surface area contributed by atoms with E-state index >= 15 is 0 Å². The van der Waals surface area contributed by atoms with E-state index in [0.717, 1.165) is 24.1 Å². The lowest BCUT2D eigenvalue weighted by molar-refractivity contribution is 0.0815. The summed E-state index contributed by atoms with van der Waals surface area (Å²) in [5.74, 6) is 0.321. The minimum absolute atomic E-state index is 0.129. The van der Waals surface area contributed by atoms with Crippen LogP contribution in [0.25, 0.3) is 0 Å². The minimum Gasteiger partial charge on any atom is -0.376 e. The van der Waals surface area contributed by atoms with Gasteiger partial charge in [0.15, 0.2) is 0 Å². The minimum atomic E-state index is -0.347. The van der Waals surface area contributed by atoms with E-state index in [1.54, 1.807) is 16.8 Å². The molecule has 1 aliphatic rings. The molecule has 2 N–H and O–H groups in total. The summed E-state index contributed by atoms with van der Waals surface area (Å²) in [5, 5.41) is 10.4. The maximum absolute atomic E-state index is 13.3. The number of nitrogens with zero attached hydrogens (tertiary/aromatic N) is 2. The Hall–Kier alpha value is -2.41. The number of benzene rings is 1. The summed E-state index contributed by atoms with van der Waals surface area (Å²) in [6.07, 6.45) is 1.67. The van der Waals surface area contributed by atoms with Gasteiger partial charge in [-0.2, -0.15) is 5.10 Å². The van der Waals surface area contributed by atoms with Gasteiger partial charge in [0, 0.05) is 12.7 Å². The molecule has 1 fully saturated rings. The number of amides is 2. The van der Waals surface area contributed by atoms with Crippen LogP contribution in [0.1, 0.15) is 50.9 Å². The Morgan fingerprint density at radius 1 is 1.33 bits per heavy atom. The number of hydrogen-bond acceptors (Lipinski definition) is 3. The van der Waals surface area contributed by atoms with Crippen molar-refractivity contribution in [3.63, 3.8) is 0 Å². The summed E-state index contributed by atoms with van der Waals surface area (Å²) < 4.78 is 20.9. The highest BCUT2D eigenvalue weighted by Gasteiger charge is 2.29. The predicted octanol–water partition coefficient (Wildman–Crippen LogP) is 4.13. The van der Waals surface area contributed by atoms with Crippen molar-refractivity contribution in [2.75, 3.05) is 11.9 Å². The number of urea groups is 1. The van der Waals surface area contributed by atoms with E-state index in [9.17, 15) is 9.18 Å². The average Bonchev–Trinajstić information content (AvgIpc) is 3.23. The third-order valence-corrected chi connectivity index (χ3v) is 4.56. The van der Waals surface area contributed by atoms with Crippen LogP contribution in [0.15, 0.2) is 30.3 Å². The Labute approximate surface area is 159 Å². The number of anilines is 1. The van der Waals surface area contributed by atoms with E-state index in [4.69, 9.17) is 4.74 Å². The number of aromatic nitrogens is 2. The number of rotatable bonds is 4. The number of ether oxygens (including phenoxy) is 1. The van der Waals surface area contributed by atoms with Gasteiger partial charge in [-0.25, -0.2) is 13.9 Å².